The molecule has 2 aromatic carbocycles. The number of aromatic hydroxyl groups is 1. The second-order valence-corrected chi connectivity index (χ2v) is 7.40. The Kier molecular flexibility index (Phi) is 11.2. The van der Waals surface area contributed by atoms with Crippen molar-refractivity contribution >= 4 is 36.0 Å². The number of hydrogen-bond donors (Lipinski definition) is 3. The number of phenols is 1. The van der Waals surface area contributed by atoms with Crippen LogP contribution in [0.5, 0.6) is 5.75 Å². The Hall–Kier alpha value is -2.22. The molecular weight excluding hydrogens is 412 g/mol. The zero-order valence-electron chi connectivity index (χ0n) is 16.2. The number of esters is 1. The summed E-state index contributed by atoms with van der Waals surface area (Å²) in [5.74, 6) is -0.0162. The Balaban J connectivity index is 0.00000420. The molecule has 4 N–H and O–H groups in total. The summed E-state index contributed by atoms with van der Waals surface area (Å²) < 4.78 is 5.37. The van der Waals surface area contributed by atoms with Gasteiger partial charge in [-0.1, -0.05) is 42.5 Å². The number of halogens is 1. The Morgan fingerprint density at radius 3 is 2.38 bits per heavy atom. The number of phenolic OH excluding ortho intramolecular Hbond substituents is 1. The van der Waals surface area contributed by atoms with E-state index in [1.54, 1.807) is 36.0 Å². The molecule has 29 heavy (non-hydrogen) atoms. The molecule has 6 nitrogen and oxygen atoms in total. The van der Waals surface area contributed by atoms with Crippen LogP contribution in [0.15, 0.2) is 54.6 Å². The van der Waals surface area contributed by atoms with Gasteiger partial charge in [-0.15, -0.1) is 12.4 Å². The predicted octanol–water partition coefficient (Wildman–Crippen LogP) is 2.67. The normalized spacial score (nSPS) is 12.3. The van der Waals surface area contributed by atoms with Gasteiger partial charge in [0.1, 0.15) is 18.4 Å². The summed E-state index contributed by atoms with van der Waals surface area (Å²) in [6.45, 7) is 0.158. The van der Waals surface area contributed by atoms with Crippen molar-refractivity contribution in [2.45, 2.75) is 31.5 Å². The van der Waals surface area contributed by atoms with Crippen LogP contribution in [0.25, 0.3) is 0 Å². The van der Waals surface area contributed by atoms with Crippen molar-refractivity contribution in [2.75, 3.05) is 12.0 Å². The quantitative estimate of drug-likeness (QED) is 0.493. The summed E-state index contributed by atoms with van der Waals surface area (Å²) in [7, 11) is 0. The van der Waals surface area contributed by atoms with Crippen molar-refractivity contribution in [3.8, 4) is 5.75 Å². The summed E-state index contributed by atoms with van der Waals surface area (Å²) >= 11 is 1.59. The lowest BCUT2D eigenvalue weighted by Gasteiger charge is -2.20. The van der Waals surface area contributed by atoms with Crippen LogP contribution in [0.1, 0.15) is 17.5 Å². The largest absolute Gasteiger partial charge is 0.508 e. The molecular formula is C21H27ClN2O4S. The first kappa shape index (κ1) is 24.8. The van der Waals surface area contributed by atoms with E-state index in [1.165, 1.54) is 0 Å². The molecule has 2 rings (SSSR count). The van der Waals surface area contributed by atoms with Gasteiger partial charge >= 0.3 is 5.97 Å². The molecule has 0 fully saturated rings. The molecule has 2 aromatic rings. The van der Waals surface area contributed by atoms with Gasteiger partial charge in [0.15, 0.2) is 0 Å². The van der Waals surface area contributed by atoms with Crippen molar-refractivity contribution in [3.05, 3.63) is 65.7 Å². The maximum atomic E-state index is 12.5. The number of benzene rings is 2. The molecule has 0 spiro atoms. The average molecular weight is 439 g/mol. The number of amides is 1. The van der Waals surface area contributed by atoms with Gasteiger partial charge in [0.05, 0.1) is 6.04 Å². The highest BCUT2D eigenvalue weighted by atomic mass is 35.5. The minimum atomic E-state index is -0.803. The second kappa shape index (κ2) is 13.1. The molecule has 0 bridgehead atoms. The first-order valence-electron chi connectivity index (χ1n) is 9.03. The fraction of sp³-hybridized carbons (Fsp3) is 0.333. The highest BCUT2D eigenvalue weighted by Gasteiger charge is 2.25. The average Bonchev–Trinajstić information content (AvgIpc) is 2.71. The van der Waals surface area contributed by atoms with Gasteiger partial charge in [0, 0.05) is 0 Å². The highest BCUT2D eigenvalue weighted by molar-refractivity contribution is 7.98. The van der Waals surface area contributed by atoms with Crippen molar-refractivity contribution in [2.24, 2.45) is 5.73 Å². The number of hydrogen-bond acceptors (Lipinski definition) is 6. The number of ether oxygens (including phenoxy) is 1. The van der Waals surface area contributed by atoms with Gasteiger partial charge in [0.2, 0.25) is 5.91 Å². The standard InChI is InChI=1S/C21H26N2O4S.ClH/c1-28-12-11-19(21(26)27-14-16-5-3-2-4-6-16)23-20(25)18(22)13-15-7-9-17(24)10-8-15;/h2-10,18-19,24H,11-14,22H2,1H3,(H,23,25);1H/t18-,19-;/m0./s1. The summed E-state index contributed by atoms with van der Waals surface area (Å²) in [5, 5.41) is 12.0. The summed E-state index contributed by atoms with van der Waals surface area (Å²) in [5.41, 5.74) is 7.71. The van der Waals surface area contributed by atoms with Crippen molar-refractivity contribution in [1.29, 1.82) is 0 Å². The lowest BCUT2D eigenvalue weighted by Crippen LogP contribution is -2.49. The molecule has 0 aliphatic rings. The lowest BCUT2D eigenvalue weighted by atomic mass is 10.1. The molecule has 8 heteroatoms. The van der Waals surface area contributed by atoms with Gasteiger partial charge in [-0.05, 0) is 48.1 Å². The van der Waals surface area contributed by atoms with Crippen LogP contribution in [0.4, 0.5) is 0 Å². The molecule has 1 amide bonds. The second-order valence-electron chi connectivity index (χ2n) is 6.41. The molecule has 0 aliphatic carbocycles. The van der Waals surface area contributed by atoms with Gasteiger partial charge in [0.25, 0.3) is 0 Å². The van der Waals surface area contributed by atoms with E-state index in [2.05, 4.69) is 5.32 Å². The van der Waals surface area contributed by atoms with E-state index in [4.69, 9.17) is 10.5 Å². The topological polar surface area (TPSA) is 102 Å². The maximum absolute atomic E-state index is 12.5. The van der Waals surface area contributed by atoms with Gasteiger partial charge in [-0.2, -0.15) is 11.8 Å². The number of carbonyl (C=O) groups excluding carboxylic acids is 2. The van der Waals surface area contributed by atoms with Crippen LogP contribution in [0, 0.1) is 0 Å². The minimum Gasteiger partial charge on any atom is -0.508 e. The van der Waals surface area contributed by atoms with Crippen molar-refractivity contribution in [1.82, 2.24) is 5.32 Å². The zero-order chi connectivity index (χ0) is 20.4. The fourth-order valence-electron chi connectivity index (χ4n) is 2.57. The van der Waals surface area contributed by atoms with E-state index in [9.17, 15) is 14.7 Å². The molecule has 0 aromatic heterocycles. The van der Waals surface area contributed by atoms with Crippen LogP contribution in [0.3, 0.4) is 0 Å². The van der Waals surface area contributed by atoms with Crippen LogP contribution in [-0.4, -0.2) is 41.1 Å². The van der Waals surface area contributed by atoms with E-state index >= 15 is 0 Å². The molecule has 0 saturated carbocycles. The number of nitrogens with one attached hydrogen (secondary N) is 1. The summed E-state index contributed by atoms with van der Waals surface area (Å²) in [6, 6.07) is 14.3. The number of nitrogens with two attached hydrogens (primary N) is 1. The number of carbonyl (C=O) groups is 2. The van der Waals surface area contributed by atoms with Crippen LogP contribution < -0.4 is 11.1 Å². The summed E-state index contributed by atoms with van der Waals surface area (Å²) in [6.07, 6.45) is 2.71. The molecule has 158 valence electrons. The zero-order valence-corrected chi connectivity index (χ0v) is 17.9. The third-order valence-electron chi connectivity index (χ3n) is 4.16. The van der Waals surface area contributed by atoms with Crippen LogP contribution >= 0.6 is 24.2 Å². The highest BCUT2D eigenvalue weighted by Crippen LogP contribution is 2.11. The van der Waals surface area contributed by atoms with E-state index in [1.807, 2.05) is 36.6 Å². The smallest absolute Gasteiger partial charge is 0.329 e. The number of rotatable bonds is 10. The van der Waals surface area contributed by atoms with E-state index in [0.717, 1.165) is 11.1 Å². The minimum absolute atomic E-state index is 0. The van der Waals surface area contributed by atoms with Crippen LogP contribution in [-0.2, 0) is 27.4 Å². The third-order valence-corrected chi connectivity index (χ3v) is 4.81. The Morgan fingerprint density at radius 1 is 1.10 bits per heavy atom. The monoisotopic (exact) mass is 438 g/mol. The van der Waals surface area contributed by atoms with Gasteiger partial charge in [-0.3, -0.25) is 4.79 Å². The Morgan fingerprint density at radius 2 is 1.76 bits per heavy atom. The van der Waals surface area contributed by atoms with Gasteiger partial charge in [-0.25, -0.2) is 4.79 Å². The molecule has 2 atom stereocenters. The molecule has 0 heterocycles. The first-order valence-corrected chi connectivity index (χ1v) is 10.4. The molecule has 0 unspecified atom stereocenters. The Bertz CT molecular complexity index is 759. The summed E-state index contributed by atoms with van der Waals surface area (Å²) in [4.78, 5) is 24.9. The first-order chi connectivity index (χ1) is 13.5. The van der Waals surface area contributed by atoms with Crippen molar-refractivity contribution < 1.29 is 19.4 Å². The molecule has 0 aliphatic heterocycles. The number of thioether (sulfide) groups is 1. The van der Waals surface area contributed by atoms with Crippen LogP contribution in [0.2, 0.25) is 0 Å². The SMILES string of the molecule is CSCC[C@H](NC(=O)[C@@H](N)Cc1ccc(O)cc1)C(=O)OCc1ccccc1.Cl. The predicted molar refractivity (Wildman–Crippen MR) is 118 cm³/mol. The molecule has 0 saturated heterocycles. The van der Waals surface area contributed by atoms with Gasteiger partial charge < -0.3 is 20.9 Å². The van der Waals surface area contributed by atoms with Crippen molar-refractivity contribution in [3.63, 3.8) is 0 Å². The third kappa shape index (κ3) is 8.77. The van der Waals surface area contributed by atoms with E-state index in [0.29, 0.717) is 18.6 Å². The Labute approximate surface area is 181 Å². The van der Waals surface area contributed by atoms with E-state index < -0.39 is 24.0 Å². The van der Waals surface area contributed by atoms with E-state index in [-0.39, 0.29) is 24.8 Å². The lowest BCUT2D eigenvalue weighted by molar-refractivity contribution is -0.149. The maximum Gasteiger partial charge on any atom is 0.329 e. The fourth-order valence-corrected chi connectivity index (χ4v) is 3.04. The molecule has 0 radical (unpaired) electrons.